The van der Waals surface area contributed by atoms with Crippen LogP contribution in [0.15, 0.2) is 5.51 Å². The van der Waals surface area contributed by atoms with Crippen LogP contribution in [0.3, 0.4) is 0 Å². The Morgan fingerprint density at radius 2 is 2.62 bits per heavy atom. The van der Waals surface area contributed by atoms with E-state index in [9.17, 15) is 0 Å². The van der Waals surface area contributed by atoms with Crippen molar-refractivity contribution < 1.29 is 0 Å². The highest BCUT2D eigenvalue weighted by atomic mass is 32.1. The highest BCUT2D eigenvalue weighted by molar-refractivity contribution is 7.79. The summed E-state index contributed by atoms with van der Waals surface area (Å²) in [5.41, 5.74) is 2.96. The zero-order chi connectivity index (χ0) is 5.98. The van der Waals surface area contributed by atoms with E-state index in [4.69, 9.17) is 0 Å². The van der Waals surface area contributed by atoms with Crippen molar-refractivity contribution in [2.75, 3.05) is 0 Å². The molecule has 0 saturated heterocycles. The van der Waals surface area contributed by atoms with Crippen LogP contribution in [-0.4, -0.2) is 4.98 Å². The van der Waals surface area contributed by atoms with Crippen molar-refractivity contribution in [3.8, 4) is 0 Å². The molecule has 0 aliphatic carbocycles. The number of nitrogens with zero attached hydrogens (tertiary/aromatic N) is 1. The molecule has 1 rings (SSSR count). The molecule has 0 unspecified atom stereocenters. The minimum Gasteiger partial charge on any atom is -0.250 e. The van der Waals surface area contributed by atoms with Gasteiger partial charge in [0.15, 0.2) is 0 Å². The first kappa shape index (κ1) is 6.11. The summed E-state index contributed by atoms with van der Waals surface area (Å²) >= 11 is 5.78. The predicted octanol–water partition coefficient (Wildman–Crippen LogP) is 1.88. The standard InChI is InChI=1S/C5H7NS2/c1-4-5(2-7)8-3-6-4/h3,7H,2H2,1H3. The lowest BCUT2D eigenvalue weighted by Gasteiger charge is -1.85. The summed E-state index contributed by atoms with van der Waals surface area (Å²) < 4.78 is 0. The molecule has 1 aromatic heterocycles. The van der Waals surface area contributed by atoms with Crippen LogP contribution in [0.1, 0.15) is 10.6 Å². The van der Waals surface area contributed by atoms with E-state index in [1.807, 2.05) is 12.4 Å². The normalized spacial score (nSPS) is 9.75. The summed E-state index contributed by atoms with van der Waals surface area (Å²) in [6, 6.07) is 0. The molecule has 44 valence electrons. The molecule has 0 fully saturated rings. The Morgan fingerprint density at radius 1 is 1.88 bits per heavy atom. The second-order valence-corrected chi connectivity index (χ2v) is 2.77. The molecule has 1 heterocycles. The average Bonchev–Trinajstić information content (AvgIpc) is 2.14. The maximum absolute atomic E-state index is 4.12. The van der Waals surface area contributed by atoms with Crippen LogP contribution in [0, 0.1) is 6.92 Å². The van der Waals surface area contributed by atoms with Crippen molar-refractivity contribution in [3.63, 3.8) is 0 Å². The molecule has 0 radical (unpaired) electrons. The first-order valence-electron chi connectivity index (χ1n) is 2.34. The molecule has 0 saturated carbocycles. The van der Waals surface area contributed by atoms with Crippen LogP contribution in [0.4, 0.5) is 0 Å². The van der Waals surface area contributed by atoms with Crippen molar-refractivity contribution in [3.05, 3.63) is 16.1 Å². The molecule has 3 heteroatoms. The fraction of sp³-hybridized carbons (Fsp3) is 0.400. The minimum absolute atomic E-state index is 0.816. The van der Waals surface area contributed by atoms with E-state index in [2.05, 4.69) is 17.6 Å². The molecule has 0 aliphatic rings. The highest BCUT2D eigenvalue weighted by Crippen LogP contribution is 2.13. The van der Waals surface area contributed by atoms with Crippen molar-refractivity contribution in [1.82, 2.24) is 4.98 Å². The second kappa shape index (κ2) is 2.51. The predicted molar refractivity (Wildman–Crippen MR) is 39.5 cm³/mol. The highest BCUT2D eigenvalue weighted by Gasteiger charge is 1.94. The summed E-state index contributed by atoms with van der Waals surface area (Å²) in [6.45, 7) is 2.00. The Balaban J connectivity index is 2.92. The fourth-order valence-corrected chi connectivity index (χ4v) is 1.57. The maximum Gasteiger partial charge on any atom is 0.0797 e. The van der Waals surface area contributed by atoms with Crippen molar-refractivity contribution in [1.29, 1.82) is 0 Å². The number of aryl methyl sites for hydroxylation is 1. The van der Waals surface area contributed by atoms with Gasteiger partial charge < -0.3 is 0 Å². The second-order valence-electron chi connectivity index (χ2n) is 1.52. The zero-order valence-corrected chi connectivity index (χ0v) is 6.30. The van der Waals surface area contributed by atoms with E-state index in [-0.39, 0.29) is 0 Å². The summed E-state index contributed by atoms with van der Waals surface area (Å²) in [7, 11) is 0. The van der Waals surface area contributed by atoms with Gasteiger partial charge in [0.05, 0.1) is 11.2 Å². The molecule has 8 heavy (non-hydrogen) atoms. The minimum atomic E-state index is 0.816. The Bertz CT molecular complexity index is 171. The molecule has 0 aliphatic heterocycles. The van der Waals surface area contributed by atoms with Gasteiger partial charge in [-0.25, -0.2) is 4.98 Å². The topological polar surface area (TPSA) is 12.9 Å². The summed E-state index contributed by atoms with van der Waals surface area (Å²) in [5.74, 6) is 0.816. The van der Waals surface area contributed by atoms with E-state index in [0.717, 1.165) is 11.4 Å². The summed E-state index contributed by atoms with van der Waals surface area (Å²) in [4.78, 5) is 5.33. The van der Waals surface area contributed by atoms with Gasteiger partial charge in [0.25, 0.3) is 0 Å². The Morgan fingerprint density at radius 3 is 2.88 bits per heavy atom. The number of aromatic nitrogens is 1. The van der Waals surface area contributed by atoms with Crippen LogP contribution in [0.25, 0.3) is 0 Å². The van der Waals surface area contributed by atoms with E-state index >= 15 is 0 Å². The lowest BCUT2D eigenvalue weighted by Crippen LogP contribution is -1.74. The molecule has 1 nitrogen and oxygen atoms in total. The van der Waals surface area contributed by atoms with Gasteiger partial charge in [-0.3, -0.25) is 0 Å². The zero-order valence-electron chi connectivity index (χ0n) is 4.59. The lowest BCUT2D eigenvalue weighted by atomic mass is 10.4. The maximum atomic E-state index is 4.12. The van der Waals surface area contributed by atoms with Gasteiger partial charge in [-0.2, -0.15) is 12.6 Å². The molecular formula is C5H7NS2. The van der Waals surface area contributed by atoms with Gasteiger partial charge in [-0.1, -0.05) is 0 Å². The van der Waals surface area contributed by atoms with Crippen LogP contribution in [0.5, 0.6) is 0 Å². The number of hydrogen-bond acceptors (Lipinski definition) is 3. The van der Waals surface area contributed by atoms with Crippen molar-refractivity contribution in [2.24, 2.45) is 0 Å². The largest absolute Gasteiger partial charge is 0.250 e. The SMILES string of the molecule is Cc1ncsc1CS. The van der Waals surface area contributed by atoms with E-state index in [0.29, 0.717) is 0 Å². The van der Waals surface area contributed by atoms with Crippen LogP contribution in [0.2, 0.25) is 0 Å². The first-order chi connectivity index (χ1) is 3.84. The molecule has 0 bridgehead atoms. The van der Waals surface area contributed by atoms with Gasteiger partial charge in [-0.15, -0.1) is 11.3 Å². The number of hydrogen-bond donors (Lipinski definition) is 1. The molecule has 1 aromatic rings. The van der Waals surface area contributed by atoms with E-state index in [1.54, 1.807) is 11.3 Å². The van der Waals surface area contributed by atoms with Crippen LogP contribution >= 0.6 is 24.0 Å². The molecule has 0 aromatic carbocycles. The Labute approximate surface area is 58.2 Å². The van der Waals surface area contributed by atoms with Gasteiger partial charge in [-0.05, 0) is 6.92 Å². The summed E-state index contributed by atoms with van der Waals surface area (Å²) in [5, 5.41) is 0. The molecule has 0 N–H and O–H groups in total. The number of thiol groups is 1. The Hall–Kier alpha value is -0.0200. The van der Waals surface area contributed by atoms with Gasteiger partial charge in [0.2, 0.25) is 0 Å². The lowest BCUT2D eigenvalue weighted by molar-refractivity contribution is 1.22. The molecule has 0 amide bonds. The smallest absolute Gasteiger partial charge is 0.0797 e. The third kappa shape index (κ3) is 1.03. The van der Waals surface area contributed by atoms with Crippen molar-refractivity contribution in [2.45, 2.75) is 12.7 Å². The molecule has 0 spiro atoms. The molecule has 0 atom stereocenters. The Kier molecular flexibility index (Phi) is 1.91. The number of thiazole rings is 1. The van der Waals surface area contributed by atoms with Crippen LogP contribution < -0.4 is 0 Å². The average molecular weight is 145 g/mol. The first-order valence-corrected chi connectivity index (χ1v) is 3.85. The molecular weight excluding hydrogens is 138 g/mol. The third-order valence-electron chi connectivity index (χ3n) is 0.988. The summed E-state index contributed by atoms with van der Waals surface area (Å²) in [6.07, 6.45) is 0. The van der Waals surface area contributed by atoms with Crippen LogP contribution in [-0.2, 0) is 5.75 Å². The number of rotatable bonds is 1. The van der Waals surface area contributed by atoms with Gasteiger partial charge in [0.1, 0.15) is 0 Å². The quantitative estimate of drug-likeness (QED) is 0.595. The van der Waals surface area contributed by atoms with E-state index < -0.39 is 0 Å². The van der Waals surface area contributed by atoms with Gasteiger partial charge >= 0.3 is 0 Å². The van der Waals surface area contributed by atoms with Gasteiger partial charge in [0, 0.05) is 10.6 Å². The van der Waals surface area contributed by atoms with E-state index in [1.165, 1.54) is 4.88 Å². The third-order valence-corrected chi connectivity index (χ3v) is 2.45. The monoisotopic (exact) mass is 145 g/mol. The fourth-order valence-electron chi connectivity index (χ4n) is 0.478. The van der Waals surface area contributed by atoms with Crippen molar-refractivity contribution >= 4 is 24.0 Å².